The molecule has 3 aromatic carbocycles. The maximum absolute atomic E-state index is 14.7. The van der Waals surface area contributed by atoms with Gasteiger partial charge in [0.15, 0.2) is 17.1 Å². The molecule has 0 saturated carbocycles. The molecule has 0 unspecified atom stereocenters. The minimum absolute atomic E-state index is 0.00866. The van der Waals surface area contributed by atoms with Crippen molar-refractivity contribution in [3.05, 3.63) is 116 Å². The highest BCUT2D eigenvalue weighted by Gasteiger charge is 2.47. The van der Waals surface area contributed by atoms with E-state index in [1.165, 1.54) is 23.9 Å². The molecule has 3 aromatic rings. The van der Waals surface area contributed by atoms with Crippen molar-refractivity contribution in [2.24, 2.45) is 0 Å². The molecular weight excluding hydrogens is 1010 g/mol. The molecule has 0 aliphatic carbocycles. The number of nitrogens with zero attached hydrogens (tertiary/aromatic N) is 2. The van der Waals surface area contributed by atoms with Gasteiger partial charge in [0.05, 0.1) is 54.4 Å². The zero-order chi connectivity index (χ0) is 51.9. The minimum Gasteiger partial charge on any atom is -0.462 e. The quantitative estimate of drug-likeness (QED) is 0.0174. The number of benzene rings is 3. The first-order valence-electron chi connectivity index (χ1n) is 22.5. The first-order chi connectivity index (χ1) is 34.6. The third-order valence-electron chi connectivity index (χ3n) is 9.97. The van der Waals surface area contributed by atoms with Crippen LogP contribution < -0.4 is 9.47 Å². The summed E-state index contributed by atoms with van der Waals surface area (Å²) >= 11 is 3.32. The Hall–Kier alpha value is -6.62. The maximum atomic E-state index is 14.7. The predicted molar refractivity (Wildman–Crippen MR) is 265 cm³/mol. The Morgan fingerprint density at radius 1 is 0.500 bits per heavy atom. The van der Waals surface area contributed by atoms with Crippen molar-refractivity contribution >= 4 is 95.0 Å². The molecule has 6 rings (SSSR count). The smallest absolute Gasteiger partial charge is 0.462 e. The van der Waals surface area contributed by atoms with Crippen LogP contribution in [0.1, 0.15) is 64.5 Å². The number of fused-ring (bicyclic) bond motifs is 2. The number of ether oxygens (including phenoxy) is 8. The molecule has 2 amide bonds. The van der Waals surface area contributed by atoms with Crippen LogP contribution in [0.4, 0.5) is 9.59 Å². The van der Waals surface area contributed by atoms with Crippen molar-refractivity contribution in [3.8, 4) is 11.5 Å². The van der Waals surface area contributed by atoms with E-state index in [-0.39, 0.29) is 95.8 Å². The summed E-state index contributed by atoms with van der Waals surface area (Å²) in [6.45, 7) is 12.2. The van der Waals surface area contributed by atoms with E-state index in [1.807, 2.05) is 74.5 Å². The number of unbranched alkanes of at least 4 members (excludes halogenated alkanes) is 2. The van der Waals surface area contributed by atoms with E-state index < -0.39 is 66.8 Å². The Balaban J connectivity index is 1.48. The average Bonchev–Trinajstić information content (AvgIpc) is 4.05. The number of hydrogen-bond donors (Lipinski definition) is 0. The summed E-state index contributed by atoms with van der Waals surface area (Å²) in [5.41, 5.74) is 1.00. The minimum atomic E-state index is -1.29. The van der Waals surface area contributed by atoms with Crippen LogP contribution in [0, 0.1) is 0 Å². The zero-order valence-electron chi connectivity index (χ0n) is 39.7. The van der Waals surface area contributed by atoms with Crippen LogP contribution >= 0.6 is 47.0 Å². The van der Waals surface area contributed by atoms with Gasteiger partial charge in [-0.15, -0.1) is 0 Å². The van der Waals surface area contributed by atoms with Crippen LogP contribution in [-0.4, -0.2) is 97.7 Å². The monoisotopic (exact) mass is 1060 g/mol. The summed E-state index contributed by atoms with van der Waals surface area (Å²) in [6, 6.07) is 18.2. The SMILES string of the molecule is C=C(C)C(=O)OCCOC(=O)Oc1c2c(c(OC(=O)OCCOC(=O)C(=C)C)c3c1SC(=C1C(=O)N(Cc4ccccc4)N(Cc4ccccc4)C1=O)S3)SC(=C(C(=O)OCCCC)C(=O)OCCCC)S2. The molecule has 1 fully saturated rings. The average molecular weight is 1060 g/mol. The zero-order valence-corrected chi connectivity index (χ0v) is 43.0. The van der Waals surface area contributed by atoms with Crippen molar-refractivity contribution in [2.75, 3.05) is 39.6 Å². The number of amides is 2. The van der Waals surface area contributed by atoms with Crippen LogP contribution in [0.15, 0.2) is 124 Å². The maximum Gasteiger partial charge on any atom is 0.514 e. The molecular formula is C50H50N2O16S4. The number of esters is 4. The number of carbonyl (C=O) groups excluding carboxylic acids is 8. The van der Waals surface area contributed by atoms with Gasteiger partial charge in [-0.3, -0.25) is 9.59 Å². The molecule has 3 aliphatic rings. The second kappa shape index (κ2) is 26.2. The van der Waals surface area contributed by atoms with Gasteiger partial charge in [-0.25, -0.2) is 38.8 Å². The molecule has 0 bridgehead atoms. The Kier molecular flexibility index (Phi) is 19.9. The van der Waals surface area contributed by atoms with Crippen LogP contribution in [0.3, 0.4) is 0 Å². The van der Waals surface area contributed by atoms with Crippen LogP contribution in [0.2, 0.25) is 0 Å². The Morgan fingerprint density at radius 2 is 0.861 bits per heavy atom. The summed E-state index contributed by atoms with van der Waals surface area (Å²) in [6.07, 6.45) is -0.212. The van der Waals surface area contributed by atoms with Gasteiger partial charge in [-0.05, 0) is 37.8 Å². The third kappa shape index (κ3) is 13.9. The van der Waals surface area contributed by atoms with Crippen molar-refractivity contribution < 1.29 is 76.3 Å². The lowest BCUT2D eigenvalue weighted by atomic mass is 10.2. The fraction of sp³-hybridized carbons (Fsp3) is 0.320. The van der Waals surface area contributed by atoms with Crippen molar-refractivity contribution in [3.63, 3.8) is 0 Å². The Bertz CT molecular complexity index is 2530. The van der Waals surface area contributed by atoms with Crippen molar-refractivity contribution in [2.45, 2.75) is 86.0 Å². The highest BCUT2D eigenvalue weighted by molar-refractivity contribution is 8.26. The topological polar surface area (TPSA) is 217 Å². The van der Waals surface area contributed by atoms with E-state index in [1.54, 1.807) is 0 Å². The second-order valence-electron chi connectivity index (χ2n) is 15.6. The van der Waals surface area contributed by atoms with Gasteiger partial charge in [-0.2, -0.15) is 0 Å². The summed E-state index contributed by atoms with van der Waals surface area (Å²) < 4.78 is 43.7. The van der Waals surface area contributed by atoms with E-state index in [0.29, 0.717) is 25.7 Å². The van der Waals surface area contributed by atoms with Crippen molar-refractivity contribution in [1.82, 2.24) is 10.0 Å². The lowest BCUT2D eigenvalue weighted by Crippen LogP contribution is -2.39. The van der Waals surface area contributed by atoms with Gasteiger partial charge in [0, 0.05) is 11.1 Å². The molecule has 0 N–H and O–H groups in total. The standard InChI is InChI=1S/C50H50N2O16S4/c1-7-9-21-61-45(57)34(46(58)62-22-10-8-2)48-71-39-35(67-49(59)65-25-23-63-43(55)29(3)4)37-38(36(40(39)72-48)68-50(60)66-26-24-64-44(56)30(5)6)70-47(69-37)33-41(53)51(27-31-17-13-11-14-18-31)52(42(33)54)28-32-19-15-12-16-20-32/h11-20H,3,5,7-10,21-28H2,1-2,4,6H3. The lowest BCUT2D eigenvalue weighted by molar-refractivity contribution is -0.149. The summed E-state index contributed by atoms with van der Waals surface area (Å²) in [5, 5.41) is 2.68. The molecule has 18 nitrogen and oxygen atoms in total. The van der Waals surface area contributed by atoms with E-state index >= 15 is 0 Å². The Morgan fingerprint density at radius 3 is 1.24 bits per heavy atom. The highest BCUT2D eigenvalue weighted by atomic mass is 32.2. The van der Waals surface area contributed by atoms with E-state index in [4.69, 9.17) is 37.9 Å². The summed E-state index contributed by atoms with van der Waals surface area (Å²) in [4.78, 5) is 108. The van der Waals surface area contributed by atoms with Crippen LogP contribution in [0.25, 0.3) is 0 Å². The van der Waals surface area contributed by atoms with Gasteiger partial charge in [0.1, 0.15) is 32.0 Å². The van der Waals surface area contributed by atoms with Crippen molar-refractivity contribution in [1.29, 1.82) is 0 Å². The van der Waals surface area contributed by atoms with E-state index in [9.17, 15) is 38.4 Å². The first kappa shape index (κ1) is 54.7. The van der Waals surface area contributed by atoms with E-state index in [2.05, 4.69) is 13.2 Å². The van der Waals surface area contributed by atoms with Gasteiger partial charge >= 0.3 is 36.2 Å². The lowest BCUT2D eigenvalue weighted by Gasteiger charge is -2.27. The van der Waals surface area contributed by atoms with Crippen LogP contribution in [0.5, 0.6) is 11.5 Å². The Labute approximate surface area is 432 Å². The molecule has 0 atom stereocenters. The number of hydrazine groups is 1. The molecule has 72 heavy (non-hydrogen) atoms. The molecule has 380 valence electrons. The molecule has 0 spiro atoms. The van der Waals surface area contributed by atoms with Gasteiger partial charge < -0.3 is 37.9 Å². The number of thioether (sulfide) groups is 4. The predicted octanol–water partition coefficient (Wildman–Crippen LogP) is 9.45. The molecule has 3 aliphatic heterocycles. The first-order valence-corrected chi connectivity index (χ1v) is 25.7. The normalized spacial score (nSPS) is 13.5. The molecule has 1 saturated heterocycles. The van der Waals surface area contributed by atoms with Gasteiger partial charge in [-0.1, -0.05) is 148 Å². The molecule has 0 radical (unpaired) electrons. The largest absolute Gasteiger partial charge is 0.514 e. The molecule has 3 heterocycles. The third-order valence-corrected chi connectivity index (χ3v) is 15.2. The van der Waals surface area contributed by atoms with Gasteiger partial charge in [0.25, 0.3) is 11.8 Å². The number of hydrogen-bond acceptors (Lipinski definition) is 20. The molecule has 0 aromatic heterocycles. The summed E-state index contributed by atoms with van der Waals surface area (Å²) in [5.74, 6) is -5.17. The van der Waals surface area contributed by atoms with E-state index in [0.717, 1.165) is 58.2 Å². The molecule has 22 heteroatoms. The second-order valence-corrected chi connectivity index (χ2v) is 20.2. The fourth-order valence-corrected chi connectivity index (χ4v) is 11.8. The fourth-order valence-electron chi connectivity index (χ4n) is 6.37. The number of carbonyl (C=O) groups is 8. The number of rotatable bonds is 22. The van der Waals surface area contributed by atoms with Gasteiger partial charge in [0.2, 0.25) is 0 Å². The van der Waals surface area contributed by atoms with Crippen LogP contribution in [-0.2, 0) is 70.3 Å². The summed E-state index contributed by atoms with van der Waals surface area (Å²) in [7, 11) is 0. The highest BCUT2D eigenvalue weighted by Crippen LogP contribution is 2.69.